The molecular formula is C29H53NO7S. The molecule has 0 heterocycles. The largest absolute Gasteiger partial charge is 0.379 e. The van der Waals surface area contributed by atoms with Crippen molar-refractivity contribution in [2.75, 3.05) is 52.4 Å². The number of nitrogens with zero attached hydrogens (tertiary/aromatic N) is 1. The Bertz CT molecular complexity index is 652. The summed E-state index contributed by atoms with van der Waals surface area (Å²) in [6.45, 7) is 14.2. The maximum atomic E-state index is 12.8. The number of likely N-dealkylation sites (N-methyl/N-ethyl adjacent to an activating group) is 1. The van der Waals surface area contributed by atoms with Crippen LogP contribution in [0, 0.1) is 11.8 Å². The first kappa shape index (κ1) is 35.0. The van der Waals surface area contributed by atoms with E-state index in [9.17, 15) is 14.4 Å². The molecule has 0 atom stereocenters. The third-order valence-corrected chi connectivity index (χ3v) is 7.84. The van der Waals surface area contributed by atoms with Crippen molar-refractivity contribution in [3.63, 3.8) is 0 Å². The maximum Gasteiger partial charge on any atom is 0.225 e. The molecule has 0 unspecified atom stereocenters. The molecular weight excluding hydrogens is 506 g/mol. The molecule has 0 aromatic carbocycles. The molecule has 1 aliphatic carbocycles. The van der Waals surface area contributed by atoms with Gasteiger partial charge < -0.3 is 23.8 Å². The molecule has 8 nitrogen and oxygen atoms in total. The summed E-state index contributed by atoms with van der Waals surface area (Å²) in [5.41, 5.74) is 0. The van der Waals surface area contributed by atoms with Crippen molar-refractivity contribution in [1.82, 2.24) is 4.90 Å². The van der Waals surface area contributed by atoms with Crippen LogP contribution in [0.15, 0.2) is 0 Å². The van der Waals surface area contributed by atoms with Gasteiger partial charge in [-0.05, 0) is 30.3 Å². The fraction of sp³-hybridized carbons (Fsp3) is 0.897. The van der Waals surface area contributed by atoms with E-state index >= 15 is 0 Å². The van der Waals surface area contributed by atoms with E-state index in [-0.39, 0.29) is 67.2 Å². The number of Topliss-reactive ketones (excluding diaryl/α,β-unsaturated/α-hetero) is 2. The lowest BCUT2D eigenvalue weighted by Gasteiger charge is -2.35. The molecule has 38 heavy (non-hydrogen) atoms. The van der Waals surface area contributed by atoms with Crippen molar-refractivity contribution in [3.8, 4) is 0 Å². The second-order valence-corrected chi connectivity index (χ2v) is 12.7. The van der Waals surface area contributed by atoms with Gasteiger partial charge in [0.05, 0.1) is 57.7 Å². The van der Waals surface area contributed by atoms with Gasteiger partial charge in [0.25, 0.3) is 0 Å². The molecule has 0 bridgehead atoms. The van der Waals surface area contributed by atoms with E-state index in [1.165, 1.54) is 0 Å². The smallest absolute Gasteiger partial charge is 0.225 e. The van der Waals surface area contributed by atoms with Gasteiger partial charge in [-0.15, -0.1) is 0 Å². The zero-order valence-corrected chi connectivity index (χ0v) is 25.7. The van der Waals surface area contributed by atoms with Crippen LogP contribution < -0.4 is 0 Å². The van der Waals surface area contributed by atoms with Crippen molar-refractivity contribution < 1.29 is 33.3 Å². The Labute approximate surface area is 235 Å². The quantitative estimate of drug-likeness (QED) is 0.168. The summed E-state index contributed by atoms with van der Waals surface area (Å²) in [6, 6.07) is -0.304. The molecule has 1 aliphatic rings. The minimum Gasteiger partial charge on any atom is -0.379 e. The van der Waals surface area contributed by atoms with Gasteiger partial charge in [-0.3, -0.25) is 14.4 Å². The molecule has 0 radical (unpaired) electrons. The predicted molar refractivity (Wildman–Crippen MR) is 153 cm³/mol. The molecule has 1 rings (SSSR count). The van der Waals surface area contributed by atoms with Crippen LogP contribution in [-0.2, 0) is 33.3 Å². The van der Waals surface area contributed by atoms with Gasteiger partial charge in [-0.2, -0.15) is 11.8 Å². The molecule has 0 spiro atoms. The van der Waals surface area contributed by atoms with Crippen molar-refractivity contribution in [2.24, 2.45) is 11.8 Å². The minimum absolute atomic E-state index is 0.0215. The van der Waals surface area contributed by atoms with E-state index in [0.717, 1.165) is 31.6 Å². The van der Waals surface area contributed by atoms with Gasteiger partial charge in [0.1, 0.15) is 11.6 Å². The molecule has 222 valence electrons. The van der Waals surface area contributed by atoms with Crippen LogP contribution >= 0.6 is 11.8 Å². The zero-order valence-electron chi connectivity index (χ0n) is 24.9. The fourth-order valence-corrected chi connectivity index (χ4v) is 4.50. The molecule has 1 saturated carbocycles. The fourth-order valence-electron chi connectivity index (χ4n) is 3.74. The Hall–Kier alpha value is -1.00. The molecule has 0 N–H and O–H groups in total. The van der Waals surface area contributed by atoms with Crippen molar-refractivity contribution in [1.29, 1.82) is 0 Å². The van der Waals surface area contributed by atoms with Crippen LogP contribution in [0.4, 0.5) is 0 Å². The summed E-state index contributed by atoms with van der Waals surface area (Å²) in [6.07, 6.45) is 4.24. The highest BCUT2D eigenvalue weighted by Crippen LogP contribution is 2.27. The van der Waals surface area contributed by atoms with Gasteiger partial charge in [-0.25, -0.2) is 0 Å². The zero-order chi connectivity index (χ0) is 28.5. The monoisotopic (exact) mass is 559 g/mol. The third-order valence-electron chi connectivity index (χ3n) is 6.65. The van der Waals surface area contributed by atoms with Crippen LogP contribution in [-0.4, -0.2) is 98.3 Å². The molecule has 0 aromatic rings. The van der Waals surface area contributed by atoms with E-state index in [1.807, 2.05) is 39.5 Å². The van der Waals surface area contributed by atoms with Crippen LogP contribution in [0.3, 0.4) is 0 Å². The van der Waals surface area contributed by atoms with Gasteiger partial charge in [0.2, 0.25) is 5.91 Å². The lowest BCUT2D eigenvalue weighted by atomic mass is 9.92. The third kappa shape index (κ3) is 15.6. The lowest BCUT2D eigenvalue weighted by Crippen LogP contribution is -2.44. The topological polar surface area (TPSA) is 91.4 Å². The predicted octanol–water partition coefficient (Wildman–Crippen LogP) is 4.56. The van der Waals surface area contributed by atoms with Crippen LogP contribution in [0.2, 0.25) is 0 Å². The van der Waals surface area contributed by atoms with Crippen molar-refractivity contribution in [3.05, 3.63) is 0 Å². The number of hydrogen-bond donors (Lipinski definition) is 0. The average molecular weight is 560 g/mol. The number of carbonyl (C=O) groups is 3. The van der Waals surface area contributed by atoms with Crippen LogP contribution in [0.1, 0.15) is 80.1 Å². The van der Waals surface area contributed by atoms with E-state index in [4.69, 9.17) is 18.9 Å². The first-order valence-corrected chi connectivity index (χ1v) is 15.4. The molecule has 0 aliphatic heterocycles. The summed E-state index contributed by atoms with van der Waals surface area (Å²) < 4.78 is 23.3. The van der Waals surface area contributed by atoms with Gasteiger partial charge in [-0.1, -0.05) is 41.5 Å². The van der Waals surface area contributed by atoms with E-state index < -0.39 is 0 Å². The molecule has 0 aromatic heterocycles. The summed E-state index contributed by atoms with van der Waals surface area (Å²) in [5, 5.41) is 0.661. The first-order valence-electron chi connectivity index (χ1n) is 14.3. The summed E-state index contributed by atoms with van der Waals surface area (Å²) in [4.78, 5) is 38.2. The van der Waals surface area contributed by atoms with Crippen LogP contribution in [0.5, 0.6) is 0 Å². The summed E-state index contributed by atoms with van der Waals surface area (Å²) in [5.74, 6) is 1.34. The molecule has 1 fully saturated rings. The average Bonchev–Trinajstić information content (AvgIpc) is 2.83. The SMILES string of the molecule is CC(C)SCCCOC1CC(OCCC(=O)N(C)C(COCCC(=O)C(C)C)COCCC(=O)C(C)C)C1. The number of ketones is 2. The Balaban J connectivity index is 2.35. The number of carbonyl (C=O) groups excluding carboxylic acids is 3. The number of ether oxygens (including phenoxy) is 4. The first-order chi connectivity index (χ1) is 18.0. The lowest BCUT2D eigenvalue weighted by molar-refractivity contribution is -0.139. The minimum atomic E-state index is -0.304. The highest BCUT2D eigenvalue weighted by molar-refractivity contribution is 7.99. The van der Waals surface area contributed by atoms with Crippen LogP contribution in [0.25, 0.3) is 0 Å². The number of amides is 1. The standard InChI is InChI=1S/C29H53NO7S/c1-21(2)27(31)9-13-34-19-24(20-35-14-10-28(32)22(3)4)30(7)29(33)11-15-37-26-17-25(18-26)36-12-8-16-38-23(5)6/h21-26H,8-20H2,1-7H3. The maximum absolute atomic E-state index is 12.8. The molecule has 9 heteroatoms. The van der Waals surface area contributed by atoms with Gasteiger partial charge in [0.15, 0.2) is 0 Å². The Morgan fingerprint density at radius 1 is 0.763 bits per heavy atom. The number of hydrogen-bond acceptors (Lipinski definition) is 8. The second-order valence-electron chi connectivity index (χ2n) is 11.0. The summed E-state index contributed by atoms with van der Waals surface area (Å²) in [7, 11) is 1.74. The summed E-state index contributed by atoms with van der Waals surface area (Å²) >= 11 is 1.96. The number of rotatable bonds is 23. The second kappa shape index (κ2) is 20.0. The van der Waals surface area contributed by atoms with Crippen molar-refractivity contribution >= 4 is 29.2 Å². The normalized spacial score (nSPS) is 17.4. The Morgan fingerprint density at radius 2 is 1.26 bits per heavy atom. The Morgan fingerprint density at radius 3 is 1.74 bits per heavy atom. The highest BCUT2D eigenvalue weighted by Gasteiger charge is 2.31. The van der Waals surface area contributed by atoms with E-state index in [1.54, 1.807) is 11.9 Å². The van der Waals surface area contributed by atoms with Crippen molar-refractivity contribution in [2.45, 2.75) is 104 Å². The van der Waals surface area contributed by atoms with Gasteiger partial charge >= 0.3 is 0 Å². The molecule has 0 saturated heterocycles. The highest BCUT2D eigenvalue weighted by atomic mass is 32.2. The molecule has 1 amide bonds. The van der Waals surface area contributed by atoms with E-state index in [0.29, 0.717) is 37.9 Å². The Kier molecular flexibility index (Phi) is 18.4. The van der Waals surface area contributed by atoms with Gasteiger partial charge in [0, 0.05) is 38.3 Å². The number of thioether (sulfide) groups is 1. The van der Waals surface area contributed by atoms with E-state index in [2.05, 4.69) is 13.8 Å².